The first-order valence-electron chi connectivity index (χ1n) is 9.10. The highest BCUT2D eigenvalue weighted by molar-refractivity contribution is 9.10. The van der Waals surface area contributed by atoms with E-state index in [1.54, 1.807) is 55.7 Å². The summed E-state index contributed by atoms with van der Waals surface area (Å²) in [5, 5.41) is 2.77. The van der Waals surface area contributed by atoms with Gasteiger partial charge in [-0.2, -0.15) is 4.98 Å². The molecule has 4 aromatic rings. The van der Waals surface area contributed by atoms with Crippen molar-refractivity contribution >= 4 is 27.5 Å². The maximum atomic E-state index is 12.2. The van der Waals surface area contributed by atoms with E-state index in [1.165, 1.54) is 0 Å². The Kier molecular flexibility index (Phi) is 5.37. The minimum atomic E-state index is -0.337. The van der Waals surface area contributed by atoms with Crippen molar-refractivity contribution in [2.75, 3.05) is 5.32 Å². The standard InChI is InChI=1S/C21H18BrN5O3/c1-12-13(2)27(11-23-12)19-10-20(25-14(3)24-19)29-16-6-4-15(5-7-16)26-21(28)17-8-9-18(22)30-17/h4-11H,1-3H3,(H,26,28). The second kappa shape index (κ2) is 8.11. The van der Waals surface area contributed by atoms with Gasteiger partial charge in [-0.1, -0.05) is 0 Å². The van der Waals surface area contributed by atoms with Crippen LogP contribution in [0.5, 0.6) is 11.6 Å². The van der Waals surface area contributed by atoms with Gasteiger partial charge in [-0.25, -0.2) is 9.97 Å². The number of nitrogens with zero attached hydrogens (tertiary/aromatic N) is 4. The summed E-state index contributed by atoms with van der Waals surface area (Å²) in [6, 6.07) is 12.0. The molecule has 0 atom stereocenters. The van der Waals surface area contributed by atoms with E-state index >= 15 is 0 Å². The van der Waals surface area contributed by atoms with E-state index in [2.05, 4.69) is 36.2 Å². The molecule has 4 rings (SSSR count). The number of hydrogen-bond donors (Lipinski definition) is 1. The highest BCUT2D eigenvalue weighted by atomic mass is 79.9. The Morgan fingerprint density at radius 3 is 2.50 bits per heavy atom. The molecule has 1 aromatic carbocycles. The molecule has 0 spiro atoms. The highest BCUT2D eigenvalue weighted by Gasteiger charge is 2.12. The number of imidazole rings is 1. The highest BCUT2D eigenvalue weighted by Crippen LogP contribution is 2.24. The lowest BCUT2D eigenvalue weighted by molar-refractivity contribution is 0.0995. The van der Waals surface area contributed by atoms with Gasteiger partial charge < -0.3 is 14.5 Å². The number of nitrogens with one attached hydrogen (secondary N) is 1. The van der Waals surface area contributed by atoms with Crippen LogP contribution in [-0.2, 0) is 0 Å². The molecular weight excluding hydrogens is 450 g/mol. The van der Waals surface area contributed by atoms with Gasteiger partial charge in [0.05, 0.1) is 5.69 Å². The van der Waals surface area contributed by atoms with Crippen molar-refractivity contribution < 1.29 is 13.9 Å². The molecule has 0 aliphatic carbocycles. The molecule has 0 unspecified atom stereocenters. The number of aryl methyl sites for hydroxylation is 2. The number of furan rings is 1. The fraction of sp³-hybridized carbons (Fsp3) is 0.143. The molecule has 0 saturated carbocycles. The number of hydrogen-bond acceptors (Lipinski definition) is 6. The van der Waals surface area contributed by atoms with Crippen molar-refractivity contribution in [3.63, 3.8) is 0 Å². The van der Waals surface area contributed by atoms with Gasteiger partial charge in [0.15, 0.2) is 10.4 Å². The Balaban J connectivity index is 1.49. The number of amides is 1. The van der Waals surface area contributed by atoms with Gasteiger partial charge >= 0.3 is 0 Å². The lowest BCUT2D eigenvalue weighted by Crippen LogP contribution is -2.10. The van der Waals surface area contributed by atoms with Gasteiger partial charge in [-0.3, -0.25) is 9.36 Å². The Bertz CT molecular complexity index is 1210. The fourth-order valence-corrected chi connectivity index (χ4v) is 3.09. The molecule has 152 valence electrons. The monoisotopic (exact) mass is 467 g/mol. The second-order valence-electron chi connectivity index (χ2n) is 6.58. The molecule has 0 saturated heterocycles. The zero-order chi connectivity index (χ0) is 21.3. The molecule has 8 nitrogen and oxygen atoms in total. The van der Waals surface area contributed by atoms with Crippen LogP contribution in [0.1, 0.15) is 27.8 Å². The Morgan fingerprint density at radius 2 is 1.87 bits per heavy atom. The van der Waals surface area contributed by atoms with Gasteiger partial charge in [0.1, 0.15) is 23.7 Å². The van der Waals surface area contributed by atoms with Gasteiger partial charge in [0.25, 0.3) is 5.91 Å². The van der Waals surface area contributed by atoms with Gasteiger partial charge in [0.2, 0.25) is 5.88 Å². The smallest absolute Gasteiger partial charge is 0.291 e. The normalized spacial score (nSPS) is 10.8. The summed E-state index contributed by atoms with van der Waals surface area (Å²) in [6.45, 7) is 5.73. The summed E-state index contributed by atoms with van der Waals surface area (Å²) < 4.78 is 13.5. The molecule has 1 N–H and O–H groups in total. The molecule has 1 amide bonds. The number of carbonyl (C=O) groups excluding carboxylic acids is 1. The number of anilines is 1. The van der Waals surface area contributed by atoms with Crippen LogP contribution in [-0.4, -0.2) is 25.4 Å². The zero-order valence-corrected chi connectivity index (χ0v) is 18.1. The predicted octanol–water partition coefficient (Wildman–Crippen LogP) is 4.99. The van der Waals surface area contributed by atoms with Crippen LogP contribution in [0, 0.1) is 20.8 Å². The third-order valence-corrected chi connectivity index (χ3v) is 4.86. The van der Waals surface area contributed by atoms with Gasteiger partial charge in [0, 0.05) is 17.4 Å². The summed E-state index contributed by atoms with van der Waals surface area (Å²) in [5.41, 5.74) is 2.56. The lowest BCUT2D eigenvalue weighted by Gasteiger charge is -2.10. The number of benzene rings is 1. The van der Waals surface area contributed by atoms with E-state index in [9.17, 15) is 4.79 Å². The molecule has 30 heavy (non-hydrogen) atoms. The molecular formula is C21H18BrN5O3. The van der Waals surface area contributed by atoms with E-state index in [0.29, 0.717) is 33.6 Å². The van der Waals surface area contributed by atoms with Crippen LogP contribution >= 0.6 is 15.9 Å². The maximum Gasteiger partial charge on any atom is 0.291 e. The molecule has 0 fully saturated rings. The summed E-state index contributed by atoms with van der Waals surface area (Å²) in [4.78, 5) is 25.3. The summed E-state index contributed by atoms with van der Waals surface area (Å²) in [6.07, 6.45) is 1.73. The molecule has 0 radical (unpaired) electrons. The van der Waals surface area contributed by atoms with E-state index in [0.717, 1.165) is 11.4 Å². The fourth-order valence-electron chi connectivity index (χ4n) is 2.79. The largest absolute Gasteiger partial charge is 0.444 e. The third kappa shape index (κ3) is 4.25. The van der Waals surface area contributed by atoms with Crippen molar-refractivity contribution in [2.45, 2.75) is 20.8 Å². The molecule has 3 heterocycles. The number of carbonyl (C=O) groups is 1. The minimum absolute atomic E-state index is 0.219. The average Bonchev–Trinajstić information content (AvgIpc) is 3.29. The van der Waals surface area contributed by atoms with E-state index in [1.807, 2.05) is 18.4 Å². The van der Waals surface area contributed by atoms with Gasteiger partial charge in [-0.15, -0.1) is 0 Å². The van der Waals surface area contributed by atoms with Crippen molar-refractivity contribution in [2.24, 2.45) is 0 Å². The van der Waals surface area contributed by atoms with Crippen LogP contribution in [0.25, 0.3) is 5.82 Å². The third-order valence-electron chi connectivity index (χ3n) is 4.43. The Morgan fingerprint density at radius 1 is 1.10 bits per heavy atom. The number of rotatable bonds is 5. The molecule has 0 aliphatic heterocycles. The number of ether oxygens (including phenoxy) is 1. The molecule has 0 aliphatic rings. The van der Waals surface area contributed by atoms with Crippen molar-refractivity contribution in [1.29, 1.82) is 0 Å². The quantitative estimate of drug-likeness (QED) is 0.444. The van der Waals surface area contributed by atoms with Crippen molar-refractivity contribution in [3.8, 4) is 17.4 Å². The van der Waals surface area contributed by atoms with Crippen LogP contribution in [0.3, 0.4) is 0 Å². The van der Waals surface area contributed by atoms with E-state index in [4.69, 9.17) is 9.15 Å². The second-order valence-corrected chi connectivity index (χ2v) is 7.36. The summed E-state index contributed by atoms with van der Waals surface area (Å²) >= 11 is 3.18. The summed E-state index contributed by atoms with van der Waals surface area (Å²) in [7, 11) is 0. The van der Waals surface area contributed by atoms with Gasteiger partial charge in [-0.05, 0) is 73.1 Å². The molecule has 3 aromatic heterocycles. The maximum absolute atomic E-state index is 12.2. The first-order chi connectivity index (χ1) is 14.4. The van der Waals surface area contributed by atoms with Crippen molar-refractivity contribution in [3.05, 3.63) is 76.4 Å². The molecule has 0 bridgehead atoms. The van der Waals surface area contributed by atoms with E-state index < -0.39 is 0 Å². The van der Waals surface area contributed by atoms with Crippen LogP contribution in [0.4, 0.5) is 5.69 Å². The Labute approximate surface area is 181 Å². The molecule has 9 heteroatoms. The summed E-state index contributed by atoms with van der Waals surface area (Å²) in [5.74, 6) is 2.15. The topological polar surface area (TPSA) is 95.1 Å². The SMILES string of the molecule is Cc1nc(Oc2ccc(NC(=O)c3ccc(Br)o3)cc2)cc(-n2cnc(C)c2C)n1. The first-order valence-corrected chi connectivity index (χ1v) is 9.89. The van der Waals surface area contributed by atoms with Crippen LogP contribution in [0.15, 0.2) is 57.9 Å². The zero-order valence-electron chi connectivity index (χ0n) is 16.5. The number of halogens is 1. The van der Waals surface area contributed by atoms with Crippen LogP contribution in [0.2, 0.25) is 0 Å². The first kappa shape index (κ1) is 19.8. The van der Waals surface area contributed by atoms with Crippen molar-refractivity contribution in [1.82, 2.24) is 19.5 Å². The average molecular weight is 468 g/mol. The minimum Gasteiger partial charge on any atom is -0.444 e. The van der Waals surface area contributed by atoms with Crippen LogP contribution < -0.4 is 10.1 Å². The van der Waals surface area contributed by atoms with E-state index in [-0.39, 0.29) is 11.7 Å². The Hall–Kier alpha value is -3.46. The predicted molar refractivity (Wildman–Crippen MR) is 114 cm³/mol. The lowest BCUT2D eigenvalue weighted by atomic mass is 10.3. The number of aromatic nitrogens is 4.